The van der Waals surface area contributed by atoms with E-state index in [1.54, 1.807) is 25.1 Å². The molecule has 0 aliphatic carbocycles. The number of anilines is 1. The molecule has 0 aliphatic heterocycles. The Bertz CT molecular complexity index is 1260. The van der Waals surface area contributed by atoms with E-state index in [0.29, 0.717) is 28.3 Å². The Morgan fingerprint density at radius 2 is 1.83 bits per heavy atom. The summed E-state index contributed by atoms with van der Waals surface area (Å²) < 4.78 is 5.84. The lowest BCUT2D eigenvalue weighted by Crippen LogP contribution is -2.12. The van der Waals surface area contributed by atoms with E-state index in [2.05, 4.69) is 10.3 Å². The van der Waals surface area contributed by atoms with Crippen molar-refractivity contribution in [1.82, 2.24) is 4.98 Å². The van der Waals surface area contributed by atoms with Crippen molar-refractivity contribution in [3.8, 4) is 11.5 Å². The van der Waals surface area contributed by atoms with Gasteiger partial charge in [-0.3, -0.25) is 14.9 Å². The molecule has 1 N–H and O–H groups in total. The third kappa shape index (κ3) is 3.58. The first kappa shape index (κ1) is 18.4. The number of hydrogen-bond acceptors (Lipinski definition) is 5. The third-order valence-electron chi connectivity index (χ3n) is 4.64. The summed E-state index contributed by atoms with van der Waals surface area (Å²) in [6, 6.07) is 17.2. The minimum Gasteiger partial charge on any atom is -0.436 e. The zero-order valence-corrected chi connectivity index (χ0v) is 15.8. The van der Waals surface area contributed by atoms with Gasteiger partial charge in [-0.25, -0.2) is 4.98 Å². The molecule has 0 radical (unpaired) electrons. The minimum absolute atomic E-state index is 0.0187. The molecule has 0 spiro atoms. The van der Waals surface area contributed by atoms with Crippen molar-refractivity contribution < 1.29 is 14.1 Å². The summed E-state index contributed by atoms with van der Waals surface area (Å²) in [5.41, 5.74) is 4.59. The van der Waals surface area contributed by atoms with Gasteiger partial charge in [0.05, 0.1) is 4.92 Å². The van der Waals surface area contributed by atoms with E-state index >= 15 is 0 Å². The van der Waals surface area contributed by atoms with E-state index in [1.165, 1.54) is 18.2 Å². The Morgan fingerprint density at radius 1 is 1.03 bits per heavy atom. The van der Waals surface area contributed by atoms with Gasteiger partial charge in [-0.2, -0.15) is 0 Å². The van der Waals surface area contributed by atoms with Crippen LogP contribution in [0.15, 0.2) is 65.1 Å². The number of nitrogens with one attached hydrogen (secondary N) is 1. The molecule has 0 bridgehead atoms. The van der Waals surface area contributed by atoms with Crippen LogP contribution in [0.2, 0.25) is 0 Å². The molecule has 4 rings (SSSR count). The molecule has 0 aliphatic rings. The molecule has 4 aromatic rings. The van der Waals surface area contributed by atoms with E-state index in [-0.39, 0.29) is 11.6 Å². The van der Waals surface area contributed by atoms with Crippen LogP contribution in [-0.2, 0) is 0 Å². The molecule has 29 heavy (non-hydrogen) atoms. The quantitative estimate of drug-likeness (QED) is 0.380. The number of hydrogen-bond donors (Lipinski definition) is 1. The van der Waals surface area contributed by atoms with Gasteiger partial charge in [0.2, 0.25) is 5.89 Å². The van der Waals surface area contributed by atoms with E-state index < -0.39 is 4.92 Å². The van der Waals surface area contributed by atoms with Gasteiger partial charge in [0.1, 0.15) is 5.52 Å². The highest BCUT2D eigenvalue weighted by molar-refractivity contribution is 6.04. The molecule has 3 aromatic carbocycles. The van der Waals surface area contributed by atoms with Crippen molar-refractivity contribution in [2.24, 2.45) is 0 Å². The van der Waals surface area contributed by atoms with Crippen molar-refractivity contribution in [1.29, 1.82) is 0 Å². The number of benzene rings is 3. The van der Waals surface area contributed by atoms with Crippen molar-refractivity contribution in [3.63, 3.8) is 0 Å². The zero-order valence-electron chi connectivity index (χ0n) is 15.8. The number of amides is 1. The number of rotatable bonds is 4. The van der Waals surface area contributed by atoms with E-state index in [4.69, 9.17) is 4.42 Å². The zero-order chi connectivity index (χ0) is 20.5. The molecule has 1 heterocycles. The van der Waals surface area contributed by atoms with Gasteiger partial charge in [-0.15, -0.1) is 0 Å². The van der Waals surface area contributed by atoms with Crippen LogP contribution in [0.25, 0.3) is 22.6 Å². The first-order chi connectivity index (χ1) is 13.9. The number of nitro benzene ring substituents is 1. The van der Waals surface area contributed by atoms with Crippen LogP contribution >= 0.6 is 0 Å². The molecule has 0 saturated heterocycles. The molecule has 7 nitrogen and oxygen atoms in total. The van der Waals surface area contributed by atoms with Crippen LogP contribution in [-0.4, -0.2) is 15.8 Å². The van der Waals surface area contributed by atoms with Crippen LogP contribution in [0, 0.1) is 24.0 Å². The smallest absolute Gasteiger partial charge is 0.272 e. The fraction of sp³-hybridized carbons (Fsp3) is 0.0909. The highest BCUT2D eigenvalue weighted by Crippen LogP contribution is 2.28. The van der Waals surface area contributed by atoms with E-state index in [9.17, 15) is 14.9 Å². The summed E-state index contributed by atoms with van der Waals surface area (Å²) in [5, 5.41) is 13.8. The first-order valence-corrected chi connectivity index (χ1v) is 8.95. The molecule has 0 fully saturated rings. The molecular weight excluding hydrogens is 370 g/mol. The summed E-state index contributed by atoms with van der Waals surface area (Å²) in [6.07, 6.45) is 0. The molecule has 1 aromatic heterocycles. The Morgan fingerprint density at radius 3 is 2.55 bits per heavy atom. The number of carbonyl (C=O) groups is 1. The van der Waals surface area contributed by atoms with Crippen molar-refractivity contribution in [2.75, 3.05) is 5.32 Å². The average molecular weight is 387 g/mol. The minimum atomic E-state index is -0.470. The molecular formula is C22H17N3O4. The second kappa shape index (κ2) is 7.20. The fourth-order valence-corrected chi connectivity index (χ4v) is 3.14. The maximum absolute atomic E-state index is 12.6. The van der Waals surface area contributed by atoms with Crippen LogP contribution in [0.4, 0.5) is 11.4 Å². The van der Waals surface area contributed by atoms with Crippen molar-refractivity contribution in [3.05, 3.63) is 87.5 Å². The number of aryl methyl sites for hydroxylation is 2. The van der Waals surface area contributed by atoms with Crippen LogP contribution in [0.1, 0.15) is 21.5 Å². The summed E-state index contributed by atoms with van der Waals surface area (Å²) in [5.74, 6) is 0.116. The standard InChI is InChI=1S/C22H17N3O4/c1-13-5-3-8-19-20(13)24-22(29-19)16-6-4-7-17(12-16)23-21(26)15-9-10-18(25(27)28)14(2)11-15/h3-12H,1-2H3,(H,23,26). The van der Waals surface area contributed by atoms with Gasteiger partial charge >= 0.3 is 0 Å². The number of carbonyl (C=O) groups excluding carboxylic acids is 1. The molecule has 7 heteroatoms. The fourth-order valence-electron chi connectivity index (χ4n) is 3.14. The van der Waals surface area contributed by atoms with Crippen molar-refractivity contribution in [2.45, 2.75) is 13.8 Å². The van der Waals surface area contributed by atoms with E-state index in [1.807, 2.05) is 31.2 Å². The molecule has 0 saturated carbocycles. The third-order valence-corrected chi connectivity index (χ3v) is 4.64. The van der Waals surface area contributed by atoms with Gasteiger partial charge in [0, 0.05) is 28.4 Å². The Balaban J connectivity index is 1.60. The van der Waals surface area contributed by atoms with Gasteiger partial charge in [0.25, 0.3) is 11.6 Å². The first-order valence-electron chi connectivity index (χ1n) is 8.95. The lowest BCUT2D eigenvalue weighted by Gasteiger charge is -2.07. The average Bonchev–Trinajstić information content (AvgIpc) is 3.13. The largest absolute Gasteiger partial charge is 0.436 e. The number of fused-ring (bicyclic) bond motifs is 1. The monoisotopic (exact) mass is 387 g/mol. The molecule has 0 unspecified atom stereocenters. The van der Waals surface area contributed by atoms with Crippen molar-refractivity contribution >= 4 is 28.4 Å². The predicted molar refractivity (Wildman–Crippen MR) is 110 cm³/mol. The van der Waals surface area contributed by atoms with E-state index in [0.717, 1.165) is 16.6 Å². The number of oxazole rings is 1. The topological polar surface area (TPSA) is 98.3 Å². The van der Waals surface area contributed by atoms with Gasteiger partial charge in [-0.1, -0.05) is 18.2 Å². The Labute approximate surface area is 166 Å². The van der Waals surface area contributed by atoms with Crippen LogP contribution < -0.4 is 5.32 Å². The number of aromatic nitrogens is 1. The lowest BCUT2D eigenvalue weighted by atomic mass is 10.1. The van der Waals surface area contributed by atoms with Crippen LogP contribution in [0.5, 0.6) is 0 Å². The summed E-state index contributed by atoms with van der Waals surface area (Å²) in [6.45, 7) is 3.57. The summed E-state index contributed by atoms with van der Waals surface area (Å²) in [4.78, 5) is 27.6. The summed E-state index contributed by atoms with van der Waals surface area (Å²) in [7, 11) is 0. The highest BCUT2D eigenvalue weighted by Gasteiger charge is 2.15. The Hall–Kier alpha value is -4.00. The maximum Gasteiger partial charge on any atom is 0.272 e. The highest BCUT2D eigenvalue weighted by atomic mass is 16.6. The number of nitro groups is 1. The molecule has 0 atom stereocenters. The van der Waals surface area contributed by atoms with Gasteiger partial charge in [0.15, 0.2) is 5.58 Å². The van der Waals surface area contributed by atoms with Gasteiger partial charge < -0.3 is 9.73 Å². The molecule has 1 amide bonds. The Kier molecular flexibility index (Phi) is 4.56. The second-order valence-corrected chi connectivity index (χ2v) is 6.73. The number of nitrogens with zero attached hydrogens (tertiary/aromatic N) is 2. The summed E-state index contributed by atoms with van der Waals surface area (Å²) >= 11 is 0. The number of para-hydroxylation sites is 1. The SMILES string of the molecule is Cc1cc(C(=O)Nc2cccc(-c3nc4c(C)cccc4o3)c2)ccc1[N+](=O)[O-]. The maximum atomic E-state index is 12.6. The predicted octanol–water partition coefficient (Wildman–Crippen LogP) is 5.27. The second-order valence-electron chi connectivity index (χ2n) is 6.73. The molecule has 144 valence electrons. The van der Waals surface area contributed by atoms with Gasteiger partial charge in [-0.05, 0) is 55.8 Å². The lowest BCUT2D eigenvalue weighted by molar-refractivity contribution is -0.385. The normalized spacial score (nSPS) is 10.8. The van der Waals surface area contributed by atoms with Crippen LogP contribution in [0.3, 0.4) is 0 Å².